The van der Waals surface area contributed by atoms with Gasteiger partial charge in [-0.1, -0.05) is 42.5 Å². The van der Waals surface area contributed by atoms with Crippen LogP contribution in [0.2, 0.25) is 0 Å². The molecule has 1 amide bonds. The van der Waals surface area contributed by atoms with Gasteiger partial charge in [0.2, 0.25) is 5.91 Å². The molecule has 0 aliphatic carbocycles. The average molecular weight is 435 g/mol. The van der Waals surface area contributed by atoms with Crippen LogP contribution in [0.25, 0.3) is 10.9 Å². The fraction of sp³-hybridized carbons (Fsp3) is 0.125. The Bertz CT molecular complexity index is 1410. The summed E-state index contributed by atoms with van der Waals surface area (Å²) in [4.78, 5) is 38.7. The number of benzene rings is 3. The molecule has 162 valence electrons. The molecule has 6 nitrogen and oxygen atoms in total. The number of rotatable bonds is 6. The molecule has 1 heterocycles. The van der Waals surface area contributed by atoms with E-state index in [0.29, 0.717) is 17.3 Å². The van der Waals surface area contributed by atoms with Crippen LogP contribution in [0.3, 0.4) is 0 Å². The summed E-state index contributed by atoms with van der Waals surface area (Å²) in [6.07, 6.45) is 0.468. The van der Waals surface area contributed by atoms with E-state index >= 15 is 0 Å². The number of nitrogens with zero attached hydrogens (tertiary/aromatic N) is 2. The molecule has 1 aromatic heterocycles. The van der Waals surface area contributed by atoms with Crippen LogP contribution in [0.4, 0.5) is 14.5 Å². The molecule has 0 spiro atoms. The fourth-order valence-corrected chi connectivity index (χ4v) is 3.52. The number of halogens is 2. The number of hydrogen-bond donors (Lipinski definition) is 1. The number of para-hydroxylation sites is 1. The molecular formula is C24H19F2N3O3. The van der Waals surface area contributed by atoms with Gasteiger partial charge in [-0.2, -0.15) is 0 Å². The fourth-order valence-electron chi connectivity index (χ4n) is 3.52. The zero-order valence-electron chi connectivity index (χ0n) is 16.9. The number of aryl methyl sites for hydroxylation is 1. The van der Waals surface area contributed by atoms with Crippen molar-refractivity contribution in [3.63, 3.8) is 0 Å². The molecule has 0 radical (unpaired) electrons. The number of anilines is 1. The molecule has 0 aliphatic rings. The zero-order valence-corrected chi connectivity index (χ0v) is 16.9. The van der Waals surface area contributed by atoms with Gasteiger partial charge >= 0.3 is 5.69 Å². The Hall–Kier alpha value is -4.07. The quantitative estimate of drug-likeness (QED) is 0.505. The first kappa shape index (κ1) is 21.2. The summed E-state index contributed by atoms with van der Waals surface area (Å²) in [5, 5.41) is 2.76. The first-order valence-corrected chi connectivity index (χ1v) is 9.95. The van der Waals surface area contributed by atoms with Crippen molar-refractivity contribution in [3.8, 4) is 0 Å². The second-order valence-electron chi connectivity index (χ2n) is 7.26. The molecule has 4 aromatic rings. The number of carbonyl (C=O) groups is 1. The largest absolute Gasteiger partial charge is 0.331 e. The maximum Gasteiger partial charge on any atom is 0.331 e. The zero-order chi connectivity index (χ0) is 22.7. The third kappa shape index (κ3) is 4.34. The molecule has 0 bridgehead atoms. The van der Waals surface area contributed by atoms with E-state index in [2.05, 4.69) is 5.32 Å². The third-order valence-corrected chi connectivity index (χ3v) is 5.10. The summed E-state index contributed by atoms with van der Waals surface area (Å²) in [5.74, 6) is -2.74. The lowest BCUT2D eigenvalue weighted by Gasteiger charge is -2.14. The Balaban J connectivity index is 1.68. The van der Waals surface area contributed by atoms with Crippen molar-refractivity contribution >= 4 is 22.5 Å². The van der Waals surface area contributed by atoms with E-state index in [4.69, 9.17) is 0 Å². The van der Waals surface area contributed by atoms with Gasteiger partial charge in [-0.3, -0.25) is 18.7 Å². The van der Waals surface area contributed by atoms with Gasteiger partial charge in [0.15, 0.2) is 11.6 Å². The highest BCUT2D eigenvalue weighted by Crippen LogP contribution is 2.14. The van der Waals surface area contributed by atoms with Gasteiger partial charge in [-0.15, -0.1) is 0 Å². The van der Waals surface area contributed by atoms with Gasteiger partial charge in [0, 0.05) is 18.3 Å². The third-order valence-electron chi connectivity index (χ3n) is 5.10. The van der Waals surface area contributed by atoms with Crippen LogP contribution in [-0.2, 0) is 24.3 Å². The topological polar surface area (TPSA) is 73.1 Å². The normalized spacial score (nSPS) is 10.9. The van der Waals surface area contributed by atoms with E-state index in [1.165, 1.54) is 10.6 Å². The molecule has 1 N–H and O–H groups in total. The Morgan fingerprint density at radius 1 is 0.844 bits per heavy atom. The Labute approximate surface area is 181 Å². The lowest BCUT2D eigenvalue weighted by Crippen LogP contribution is -2.42. The number of amides is 1. The van der Waals surface area contributed by atoms with E-state index in [1.54, 1.807) is 24.3 Å². The standard InChI is InChI=1S/C24H19F2N3O3/c25-19-11-10-17(14-20(19)26)27-22(30)15-29-21-9-5-4-8-18(21)23(31)28(24(29)32)13-12-16-6-2-1-3-7-16/h1-11,14H,12-13,15H2,(H,27,30). The van der Waals surface area contributed by atoms with E-state index in [-0.39, 0.29) is 12.2 Å². The van der Waals surface area contributed by atoms with Crippen LogP contribution in [0.1, 0.15) is 5.56 Å². The number of hydrogen-bond acceptors (Lipinski definition) is 3. The van der Waals surface area contributed by atoms with Crippen LogP contribution < -0.4 is 16.6 Å². The van der Waals surface area contributed by atoms with E-state index in [9.17, 15) is 23.2 Å². The van der Waals surface area contributed by atoms with Crippen molar-refractivity contribution in [1.29, 1.82) is 0 Å². The van der Waals surface area contributed by atoms with Crippen LogP contribution in [0, 0.1) is 11.6 Å². The Morgan fingerprint density at radius 3 is 2.31 bits per heavy atom. The highest BCUT2D eigenvalue weighted by Gasteiger charge is 2.16. The number of fused-ring (bicyclic) bond motifs is 1. The van der Waals surface area contributed by atoms with Crippen molar-refractivity contribution in [1.82, 2.24) is 9.13 Å². The lowest BCUT2D eigenvalue weighted by molar-refractivity contribution is -0.116. The second kappa shape index (κ2) is 8.97. The lowest BCUT2D eigenvalue weighted by atomic mass is 10.1. The van der Waals surface area contributed by atoms with Gasteiger partial charge in [0.1, 0.15) is 6.54 Å². The molecule has 32 heavy (non-hydrogen) atoms. The van der Waals surface area contributed by atoms with Crippen molar-refractivity contribution in [3.05, 3.63) is 111 Å². The van der Waals surface area contributed by atoms with Crippen LogP contribution in [0.5, 0.6) is 0 Å². The first-order chi connectivity index (χ1) is 15.4. The maximum atomic E-state index is 13.4. The van der Waals surface area contributed by atoms with Gasteiger partial charge < -0.3 is 5.32 Å². The molecule has 0 aliphatic heterocycles. The minimum atomic E-state index is -1.10. The second-order valence-corrected chi connectivity index (χ2v) is 7.26. The minimum absolute atomic E-state index is 0.0589. The minimum Gasteiger partial charge on any atom is -0.324 e. The molecule has 0 saturated heterocycles. The first-order valence-electron chi connectivity index (χ1n) is 9.95. The van der Waals surface area contributed by atoms with Crippen LogP contribution in [0.15, 0.2) is 82.4 Å². The average Bonchev–Trinajstić information content (AvgIpc) is 2.80. The Morgan fingerprint density at radius 2 is 1.56 bits per heavy atom. The predicted molar refractivity (Wildman–Crippen MR) is 118 cm³/mol. The van der Waals surface area contributed by atoms with Gasteiger partial charge in [0.25, 0.3) is 5.56 Å². The van der Waals surface area contributed by atoms with Crippen LogP contribution in [-0.4, -0.2) is 15.0 Å². The highest BCUT2D eigenvalue weighted by atomic mass is 19.2. The molecule has 3 aromatic carbocycles. The number of nitrogens with one attached hydrogen (secondary N) is 1. The van der Waals surface area contributed by atoms with Gasteiger partial charge in [-0.05, 0) is 36.2 Å². The van der Waals surface area contributed by atoms with E-state index < -0.39 is 35.3 Å². The van der Waals surface area contributed by atoms with Gasteiger partial charge in [0.05, 0.1) is 10.9 Å². The van der Waals surface area contributed by atoms with Crippen LogP contribution >= 0.6 is 0 Å². The monoisotopic (exact) mass is 435 g/mol. The van der Waals surface area contributed by atoms with Crippen molar-refractivity contribution in [2.24, 2.45) is 0 Å². The molecule has 0 fully saturated rings. The summed E-state index contributed by atoms with van der Waals surface area (Å²) in [7, 11) is 0. The SMILES string of the molecule is O=C(Cn1c(=O)n(CCc2ccccc2)c(=O)c2ccccc21)Nc1ccc(F)c(F)c1. The van der Waals surface area contributed by atoms with Gasteiger partial charge in [-0.25, -0.2) is 13.6 Å². The Kier molecular flexibility index (Phi) is 5.93. The smallest absolute Gasteiger partial charge is 0.324 e. The number of aromatic nitrogens is 2. The summed E-state index contributed by atoms with van der Waals surface area (Å²) in [6.45, 7) is -0.249. The molecule has 8 heteroatoms. The van der Waals surface area contributed by atoms with Crippen molar-refractivity contribution < 1.29 is 13.6 Å². The summed E-state index contributed by atoms with van der Waals surface area (Å²) < 4.78 is 28.9. The number of carbonyl (C=O) groups excluding carboxylic acids is 1. The molecular weight excluding hydrogens is 416 g/mol. The molecule has 0 atom stereocenters. The molecule has 0 saturated carbocycles. The highest BCUT2D eigenvalue weighted by molar-refractivity contribution is 5.91. The van der Waals surface area contributed by atoms with Crippen molar-refractivity contribution in [2.75, 3.05) is 5.32 Å². The molecule has 4 rings (SSSR count). The predicted octanol–water partition coefficient (Wildman–Crippen LogP) is 3.32. The summed E-state index contributed by atoms with van der Waals surface area (Å²) in [5.41, 5.74) is 0.293. The summed E-state index contributed by atoms with van der Waals surface area (Å²) in [6, 6.07) is 18.9. The maximum absolute atomic E-state index is 13.4. The van der Waals surface area contributed by atoms with E-state index in [0.717, 1.165) is 22.3 Å². The molecule has 0 unspecified atom stereocenters. The van der Waals surface area contributed by atoms with E-state index in [1.807, 2.05) is 30.3 Å². The summed E-state index contributed by atoms with van der Waals surface area (Å²) >= 11 is 0. The van der Waals surface area contributed by atoms with Crippen molar-refractivity contribution in [2.45, 2.75) is 19.5 Å².